The van der Waals surface area contributed by atoms with Crippen LogP contribution in [-0.2, 0) is 0 Å². The van der Waals surface area contributed by atoms with Crippen LogP contribution >= 0.6 is 15.9 Å². The van der Waals surface area contributed by atoms with Gasteiger partial charge in [-0.3, -0.25) is 4.79 Å². The molecule has 90 valence electrons. The van der Waals surface area contributed by atoms with Gasteiger partial charge in [0, 0.05) is 18.9 Å². The Kier molecular flexibility index (Phi) is 5.52. The van der Waals surface area contributed by atoms with Crippen LogP contribution in [0.3, 0.4) is 0 Å². The van der Waals surface area contributed by atoms with Crippen LogP contribution in [0.25, 0.3) is 0 Å². The first-order valence-electron chi connectivity index (χ1n) is 5.38. The van der Waals surface area contributed by atoms with Crippen LogP contribution in [0, 0.1) is 6.92 Å². The fourth-order valence-corrected chi connectivity index (χ4v) is 1.80. The Hall–Kier alpha value is -0.840. The number of oxazole rings is 1. The second kappa shape index (κ2) is 6.68. The smallest absolute Gasteiger partial charge is 0.291 e. The average molecular weight is 289 g/mol. The fraction of sp³-hybridized carbons (Fsp3) is 0.636. The van der Waals surface area contributed by atoms with Crippen molar-refractivity contribution in [2.75, 3.05) is 18.9 Å². The van der Waals surface area contributed by atoms with Crippen molar-refractivity contribution < 1.29 is 9.21 Å². The number of nitrogens with zero attached hydrogens (tertiary/aromatic N) is 2. The fourth-order valence-electron chi connectivity index (χ4n) is 1.40. The van der Waals surface area contributed by atoms with Crippen molar-refractivity contribution in [1.82, 2.24) is 9.88 Å². The SMILES string of the molecule is Cc1ncoc1C(=O)N(C)CCCCCBr. The number of hydrogen-bond acceptors (Lipinski definition) is 3. The van der Waals surface area contributed by atoms with E-state index in [-0.39, 0.29) is 5.91 Å². The molecule has 0 saturated carbocycles. The van der Waals surface area contributed by atoms with Crippen molar-refractivity contribution >= 4 is 21.8 Å². The van der Waals surface area contributed by atoms with E-state index in [1.165, 1.54) is 6.39 Å². The highest BCUT2D eigenvalue weighted by molar-refractivity contribution is 9.09. The van der Waals surface area contributed by atoms with Crippen LogP contribution in [-0.4, -0.2) is 34.7 Å². The van der Waals surface area contributed by atoms with E-state index < -0.39 is 0 Å². The standard InChI is InChI=1S/C11H17BrN2O2/c1-9-10(16-8-13-9)11(15)14(2)7-5-3-4-6-12/h8H,3-7H2,1-2H3. The molecule has 0 spiro atoms. The summed E-state index contributed by atoms with van der Waals surface area (Å²) < 4.78 is 5.06. The molecule has 0 saturated heterocycles. The van der Waals surface area contributed by atoms with E-state index in [0.29, 0.717) is 11.5 Å². The molecule has 1 amide bonds. The van der Waals surface area contributed by atoms with Crippen molar-refractivity contribution in [3.05, 3.63) is 17.8 Å². The minimum absolute atomic E-state index is 0.0890. The van der Waals surface area contributed by atoms with Gasteiger partial charge in [-0.1, -0.05) is 22.4 Å². The maximum Gasteiger partial charge on any atom is 0.291 e. The van der Waals surface area contributed by atoms with E-state index in [9.17, 15) is 4.79 Å². The lowest BCUT2D eigenvalue weighted by Crippen LogP contribution is -2.27. The van der Waals surface area contributed by atoms with Gasteiger partial charge in [-0.2, -0.15) is 0 Å². The van der Waals surface area contributed by atoms with E-state index in [1.54, 1.807) is 18.9 Å². The van der Waals surface area contributed by atoms with E-state index in [0.717, 1.165) is 31.1 Å². The third-order valence-electron chi connectivity index (χ3n) is 2.41. The summed E-state index contributed by atoms with van der Waals surface area (Å²) in [6, 6.07) is 0. The van der Waals surface area contributed by atoms with Crippen molar-refractivity contribution in [2.24, 2.45) is 0 Å². The van der Waals surface area contributed by atoms with Crippen molar-refractivity contribution in [3.63, 3.8) is 0 Å². The van der Waals surface area contributed by atoms with Gasteiger partial charge in [0.15, 0.2) is 6.39 Å². The van der Waals surface area contributed by atoms with Gasteiger partial charge >= 0.3 is 0 Å². The summed E-state index contributed by atoms with van der Waals surface area (Å²) in [6.07, 6.45) is 4.59. The number of carbonyl (C=O) groups is 1. The summed E-state index contributed by atoms with van der Waals surface area (Å²) in [7, 11) is 1.79. The molecule has 0 aliphatic rings. The number of amides is 1. The topological polar surface area (TPSA) is 46.3 Å². The van der Waals surface area contributed by atoms with Gasteiger partial charge in [0.1, 0.15) is 0 Å². The summed E-state index contributed by atoms with van der Waals surface area (Å²) in [4.78, 5) is 17.5. The molecule has 0 aliphatic heterocycles. The molecule has 0 radical (unpaired) electrons. The second-order valence-corrected chi connectivity index (χ2v) is 4.54. The zero-order valence-corrected chi connectivity index (χ0v) is 11.3. The van der Waals surface area contributed by atoms with Gasteiger partial charge in [0.05, 0.1) is 5.69 Å². The normalized spacial score (nSPS) is 10.4. The Morgan fingerprint density at radius 3 is 2.81 bits per heavy atom. The molecule has 0 atom stereocenters. The molecule has 1 rings (SSSR count). The number of aryl methyl sites for hydroxylation is 1. The molecular weight excluding hydrogens is 272 g/mol. The number of carbonyl (C=O) groups excluding carboxylic acids is 1. The predicted octanol–water partition coefficient (Wildman–Crippen LogP) is 2.62. The van der Waals surface area contributed by atoms with Crippen molar-refractivity contribution in [2.45, 2.75) is 26.2 Å². The lowest BCUT2D eigenvalue weighted by molar-refractivity contribution is 0.0760. The van der Waals surface area contributed by atoms with Crippen LogP contribution in [0.4, 0.5) is 0 Å². The van der Waals surface area contributed by atoms with Crippen molar-refractivity contribution in [3.8, 4) is 0 Å². The number of aromatic nitrogens is 1. The molecule has 0 fully saturated rings. The zero-order valence-electron chi connectivity index (χ0n) is 9.70. The number of halogens is 1. The molecule has 0 aliphatic carbocycles. The predicted molar refractivity (Wildman–Crippen MR) is 65.8 cm³/mol. The first-order valence-corrected chi connectivity index (χ1v) is 6.50. The first kappa shape index (κ1) is 13.2. The van der Waals surface area contributed by atoms with Gasteiger partial charge < -0.3 is 9.32 Å². The third-order valence-corrected chi connectivity index (χ3v) is 2.97. The molecule has 0 bridgehead atoms. The Balaban J connectivity index is 2.40. The number of alkyl halides is 1. The monoisotopic (exact) mass is 288 g/mol. The molecular formula is C11H17BrN2O2. The molecule has 1 heterocycles. The van der Waals surface area contributed by atoms with Gasteiger partial charge in [-0.05, 0) is 19.8 Å². The quantitative estimate of drug-likeness (QED) is 0.597. The Bertz CT molecular complexity index is 338. The highest BCUT2D eigenvalue weighted by Gasteiger charge is 2.17. The van der Waals surface area contributed by atoms with E-state index in [1.807, 2.05) is 0 Å². The van der Waals surface area contributed by atoms with E-state index in [4.69, 9.17) is 4.42 Å². The van der Waals surface area contributed by atoms with E-state index in [2.05, 4.69) is 20.9 Å². The van der Waals surface area contributed by atoms with E-state index >= 15 is 0 Å². The van der Waals surface area contributed by atoms with Crippen LogP contribution in [0.15, 0.2) is 10.8 Å². The lowest BCUT2D eigenvalue weighted by Gasteiger charge is -2.15. The average Bonchev–Trinajstić information content (AvgIpc) is 2.69. The maximum atomic E-state index is 11.9. The van der Waals surface area contributed by atoms with Gasteiger partial charge in [-0.15, -0.1) is 0 Å². The minimum atomic E-state index is -0.0890. The molecule has 0 unspecified atom stereocenters. The Labute approximate surface area is 104 Å². The maximum absolute atomic E-state index is 11.9. The highest BCUT2D eigenvalue weighted by Crippen LogP contribution is 2.09. The lowest BCUT2D eigenvalue weighted by atomic mass is 10.2. The van der Waals surface area contributed by atoms with Gasteiger partial charge in [-0.25, -0.2) is 4.98 Å². The summed E-state index contributed by atoms with van der Waals surface area (Å²) >= 11 is 3.38. The third kappa shape index (κ3) is 3.63. The number of unbranched alkanes of at least 4 members (excludes halogenated alkanes) is 2. The number of rotatable bonds is 6. The van der Waals surface area contributed by atoms with Gasteiger partial charge in [0.25, 0.3) is 5.91 Å². The Morgan fingerprint density at radius 1 is 1.50 bits per heavy atom. The molecule has 1 aromatic heterocycles. The minimum Gasteiger partial charge on any atom is -0.438 e. The summed E-state index contributed by atoms with van der Waals surface area (Å²) in [5.74, 6) is 0.261. The number of hydrogen-bond donors (Lipinski definition) is 0. The molecule has 5 heteroatoms. The Morgan fingerprint density at radius 2 is 2.25 bits per heavy atom. The highest BCUT2D eigenvalue weighted by atomic mass is 79.9. The summed E-state index contributed by atoms with van der Waals surface area (Å²) in [5, 5.41) is 1.02. The summed E-state index contributed by atoms with van der Waals surface area (Å²) in [5.41, 5.74) is 0.650. The first-order chi connectivity index (χ1) is 7.66. The molecule has 4 nitrogen and oxygen atoms in total. The van der Waals surface area contributed by atoms with Gasteiger partial charge in [0.2, 0.25) is 5.76 Å². The summed E-state index contributed by atoms with van der Waals surface area (Å²) in [6.45, 7) is 2.53. The van der Waals surface area contributed by atoms with Crippen LogP contribution in [0.5, 0.6) is 0 Å². The van der Waals surface area contributed by atoms with Crippen LogP contribution < -0.4 is 0 Å². The van der Waals surface area contributed by atoms with Crippen LogP contribution in [0.2, 0.25) is 0 Å². The van der Waals surface area contributed by atoms with Crippen LogP contribution in [0.1, 0.15) is 35.5 Å². The second-order valence-electron chi connectivity index (χ2n) is 3.74. The molecule has 16 heavy (non-hydrogen) atoms. The zero-order chi connectivity index (χ0) is 12.0. The van der Waals surface area contributed by atoms with Crippen molar-refractivity contribution in [1.29, 1.82) is 0 Å². The molecule has 0 aromatic carbocycles. The molecule has 0 N–H and O–H groups in total. The largest absolute Gasteiger partial charge is 0.438 e. The molecule has 1 aromatic rings.